The maximum Gasteiger partial charge on any atom is 0.333 e. The van der Waals surface area contributed by atoms with Crippen LogP contribution in [0.1, 0.15) is 12.5 Å². The van der Waals surface area contributed by atoms with E-state index in [4.69, 9.17) is 18.9 Å². The second-order valence-corrected chi connectivity index (χ2v) is 6.84. The molecule has 0 atom stereocenters. The van der Waals surface area contributed by atoms with Crippen LogP contribution in [-0.2, 0) is 9.53 Å². The molecule has 0 heterocycles. The molecule has 156 valence electrons. The summed E-state index contributed by atoms with van der Waals surface area (Å²) in [6.07, 6.45) is 0. The number of aryl methyl sites for hydroxylation is 1. The number of hydrogen-bond acceptors (Lipinski definition) is 5. The van der Waals surface area contributed by atoms with Gasteiger partial charge in [-0.05, 0) is 37.6 Å². The third-order valence-corrected chi connectivity index (χ3v) is 4.41. The number of benzene rings is 3. The van der Waals surface area contributed by atoms with Crippen LogP contribution >= 0.6 is 0 Å². The number of carbonyl (C=O) groups is 1. The van der Waals surface area contributed by atoms with Crippen LogP contribution in [0.2, 0.25) is 0 Å². The van der Waals surface area contributed by atoms with E-state index in [0.717, 1.165) is 33.6 Å². The minimum absolute atomic E-state index is 0.161. The molecule has 3 aromatic rings. The average Bonchev–Trinajstić information content (AvgIpc) is 2.76. The molecular weight excluding hydrogens is 380 g/mol. The minimum atomic E-state index is -0.415. The van der Waals surface area contributed by atoms with E-state index in [1.807, 2.05) is 67.6 Å². The topological polar surface area (TPSA) is 54.0 Å². The van der Waals surface area contributed by atoms with E-state index < -0.39 is 5.97 Å². The smallest absolute Gasteiger partial charge is 0.333 e. The number of rotatable bonds is 10. The summed E-state index contributed by atoms with van der Waals surface area (Å²) in [7, 11) is 0. The molecule has 3 rings (SSSR count). The van der Waals surface area contributed by atoms with E-state index in [9.17, 15) is 4.79 Å². The van der Waals surface area contributed by atoms with E-state index in [1.165, 1.54) is 0 Å². The molecule has 0 fully saturated rings. The van der Waals surface area contributed by atoms with Gasteiger partial charge in [0, 0.05) is 16.3 Å². The second-order valence-electron chi connectivity index (χ2n) is 6.84. The summed E-state index contributed by atoms with van der Waals surface area (Å²) in [5.74, 6) is 1.94. The predicted octanol–water partition coefficient (Wildman–Crippen LogP) is 5.10. The van der Waals surface area contributed by atoms with Crippen molar-refractivity contribution < 1.29 is 23.7 Å². The molecule has 3 aromatic carbocycles. The van der Waals surface area contributed by atoms with Gasteiger partial charge in [-0.3, -0.25) is 0 Å². The van der Waals surface area contributed by atoms with Crippen molar-refractivity contribution in [2.24, 2.45) is 0 Å². The Hall–Kier alpha value is -3.47. The number of para-hydroxylation sites is 1. The summed E-state index contributed by atoms with van der Waals surface area (Å²) < 4.78 is 22.7. The number of esters is 1. The first-order chi connectivity index (χ1) is 14.6. The zero-order valence-electron chi connectivity index (χ0n) is 17.4. The van der Waals surface area contributed by atoms with Crippen molar-refractivity contribution in [2.45, 2.75) is 13.8 Å². The Balaban J connectivity index is 1.64. The van der Waals surface area contributed by atoms with Gasteiger partial charge in [0.25, 0.3) is 0 Å². The van der Waals surface area contributed by atoms with Gasteiger partial charge in [-0.25, -0.2) is 4.79 Å². The number of hydrogen-bond donors (Lipinski definition) is 0. The Morgan fingerprint density at radius 2 is 1.47 bits per heavy atom. The van der Waals surface area contributed by atoms with Gasteiger partial charge in [0.05, 0.1) is 0 Å². The Bertz CT molecular complexity index is 1010. The van der Waals surface area contributed by atoms with Crippen LogP contribution in [0.5, 0.6) is 17.2 Å². The standard InChI is InChI=1S/C25H26O5/c1-18(2)25(26)30-16-15-29-24-19(3)17-23(21-11-7-8-12-22(21)24)28-14-13-27-20-9-5-4-6-10-20/h4-12,17H,1,13-16H2,2-3H3. The number of carbonyl (C=O) groups excluding carboxylic acids is 1. The van der Waals surface area contributed by atoms with Gasteiger partial charge < -0.3 is 18.9 Å². The van der Waals surface area contributed by atoms with Crippen LogP contribution in [0, 0.1) is 6.92 Å². The van der Waals surface area contributed by atoms with E-state index >= 15 is 0 Å². The molecule has 0 amide bonds. The molecule has 0 aliphatic carbocycles. The molecular formula is C25H26O5. The summed E-state index contributed by atoms with van der Waals surface area (Å²) in [5, 5.41) is 1.90. The van der Waals surface area contributed by atoms with Gasteiger partial charge >= 0.3 is 5.97 Å². The zero-order chi connectivity index (χ0) is 21.3. The highest BCUT2D eigenvalue weighted by atomic mass is 16.6. The molecule has 0 N–H and O–H groups in total. The largest absolute Gasteiger partial charge is 0.490 e. The van der Waals surface area contributed by atoms with Crippen LogP contribution < -0.4 is 14.2 Å². The maximum absolute atomic E-state index is 11.5. The van der Waals surface area contributed by atoms with Crippen molar-refractivity contribution in [2.75, 3.05) is 26.4 Å². The van der Waals surface area contributed by atoms with Crippen molar-refractivity contribution in [1.29, 1.82) is 0 Å². The molecule has 0 unspecified atom stereocenters. The fourth-order valence-electron chi connectivity index (χ4n) is 2.99. The quantitative estimate of drug-likeness (QED) is 0.266. The Labute approximate surface area is 176 Å². The Kier molecular flexibility index (Phi) is 7.33. The number of ether oxygens (including phenoxy) is 4. The lowest BCUT2D eigenvalue weighted by Gasteiger charge is -2.16. The molecule has 0 saturated heterocycles. The lowest BCUT2D eigenvalue weighted by molar-refractivity contribution is -0.139. The first-order valence-electron chi connectivity index (χ1n) is 9.84. The van der Waals surface area contributed by atoms with Gasteiger partial charge in [0.15, 0.2) is 0 Å². The van der Waals surface area contributed by atoms with Crippen LogP contribution in [0.25, 0.3) is 10.8 Å². The summed E-state index contributed by atoms with van der Waals surface area (Å²) in [4.78, 5) is 11.5. The molecule has 0 radical (unpaired) electrons. The minimum Gasteiger partial charge on any atom is -0.490 e. The lowest BCUT2D eigenvalue weighted by atomic mass is 10.0. The van der Waals surface area contributed by atoms with Gasteiger partial charge in [-0.15, -0.1) is 0 Å². The summed E-state index contributed by atoms with van der Waals surface area (Å²) >= 11 is 0. The first kappa shape index (κ1) is 21.2. The summed E-state index contributed by atoms with van der Waals surface area (Å²) in [6.45, 7) is 8.44. The van der Waals surface area contributed by atoms with Gasteiger partial charge in [-0.1, -0.05) is 49.0 Å². The van der Waals surface area contributed by atoms with Crippen LogP contribution in [0.4, 0.5) is 0 Å². The highest BCUT2D eigenvalue weighted by molar-refractivity contribution is 5.94. The van der Waals surface area contributed by atoms with Crippen molar-refractivity contribution in [3.05, 3.63) is 78.4 Å². The fourth-order valence-corrected chi connectivity index (χ4v) is 2.99. The van der Waals surface area contributed by atoms with Gasteiger partial charge in [0.2, 0.25) is 0 Å². The Morgan fingerprint density at radius 3 is 2.20 bits per heavy atom. The summed E-state index contributed by atoms with van der Waals surface area (Å²) in [6, 6.07) is 19.5. The maximum atomic E-state index is 11.5. The van der Waals surface area contributed by atoms with Crippen LogP contribution in [0.15, 0.2) is 72.8 Å². The lowest BCUT2D eigenvalue weighted by Crippen LogP contribution is -2.13. The second kappa shape index (κ2) is 10.3. The van der Waals surface area contributed by atoms with Crippen molar-refractivity contribution in [1.82, 2.24) is 0 Å². The van der Waals surface area contributed by atoms with E-state index in [2.05, 4.69) is 6.58 Å². The van der Waals surface area contributed by atoms with E-state index in [0.29, 0.717) is 18.8 Å². The molecule has 5 nitrogen and oxygen atoms in total. The molecule has 0 aliphatic rings. The fraction of sp³-hybridized carbons (Fsp3) is 0.240. The highest BCUT2D eigenvalue weighted by Crippen LogP contribution is 2.36. The Morgan fingerprint density at radius 1 is 0.833 bits per heavy atom. The van der Waals surface area contributed by atoms with Crippen LogP contribution in [0.3, 0.4) is 0 Å². The third-order valence-electron chi connectivity index (χ3n) is 4.41. The molecule has 0 bridgehead atoms. The molecule has 0 spiro atoms. The number of fused-ring (bicyclic) bond motifs is 1. The van der Waals surface area contributed by atoms with Crippen molar-refractivity contribution >= 4 is 16.7 Å². The first-order valence-corrected chi connectivity index (χ1v) is 9.84. The van der Waals surface area contributed by atoms with Crippen molar-refractivity contribution in [3.8, 4) is 17.2 Å². The van der Waals surface area contributed by atoms with Gasteiger partial charge in [-0.2, -0.15) is 0 Å². The normalized spacial score (nSPS) is 10.5. The monoisotopic (exact) mass is 406 g/mol. The van der Waals surface area contributed by atoms with E-state index in [-0.39, 0.29) is 13.2 Å². The highest BCUT2D eigenvalue weighted by Gasteiger charge is 2.12. The molecule has 5 heteroatoms. The predicted molar refractivity (Wildman–Crippen MR) is 117 cm³/mol. The van der Waals surface area contributed by atoms with E-state index in [1.54, 1.807) is 6.92 Å². The SMILES string of the molecule is C=C(C)C(=O)OCCOc1c(C)cc(OCCOc2ccccc2)c2ccccc12. The average molecular weight is 406 g/mol. The van der Waals surface area contributed by atoms with Crippen molar-refractivity contribution in [3.63, 3.8) is 0 Å². The third kappa shape index (κ3) is 5.54. The molecule has 0 aliphatic heterocycles. The molecule has 0 saturated carbocycles. The zero-order valence-corrected chi connectivity index (χ0v) is 17.4. The molecule has 30 heavy (non-hydrogen) atoms. The summed E-state index contributed by atoms with van der Waals surface area (Å²) in [5.41, 5.74) is 1.31. The van der Waals surface area contributed by atoms with Crippen LogP contribution in [-0.4, -0.2) is 32.4 Å². The van der Waals surface area contributed by atoms with Gasteiger partial charge in [0.1, 0.15) is 43.7 Å². The molecule has 0 aromatic heterocycles.